The monoisotopic (exact) mass is 279 g/mol. The zero-order valence-electron chi connectivity index (χ0n) is 12.1. The quantitative estimate of drug-likeness (QED) is 0.801. The molecule has 1 N–H and O–H groups in total. The Labute approximate surface area is 123 Å². The Bertz CT molecular complexity index is 805. The summed E-state index contributed by atoms with van der Waals surface area (Å²) in [5.41, 5.74) is 4.84. The van der Waals surface area contributed by atoms with Gasteiger partial charge in [-0.2, -0.15) is 0 Å². The highest BCUT2D eigenvalue weighted by Gasteiger charge is 2.06. The van der Waals surface area contributed by atoms with E-state index in [1.54, 1.807) is 6.33 Å². The first-order valence-electron chi connectivity index (χ1n) is 6.88. The first-order chi connectivity index (χ1) is 10.1. The second-order valence-electron chi connectivity index (χ2n) is 5.23. The van der Waals surface area contributed by atoms with Crippen LogP contribution in [-0.4, -0.2) is 15.5 Å². The highest BCUT2D eigenvalue weighted by molar-refractivity contribution is 5.94. The molecule has 0 saturated carbocycles. The zero-order chi connectivity index (χ0) is 14.8. The van der Waals surface area contributed by atoms with Crippen LogP contribution in [0.25, 0.3) is 11.0 Å². The van der Waals surface area contributed by atoms with Crippen molar-refractivity contribution in [1.29, 1.82) is 0 Å². The molecular formula is C17H17N3O. The van der Waals surface area contributed by atoms with Crippen molar-refractivity contribution < 1.29 is 4.79 Å². The van der Waals surface area contributed by atoms with Gasteiger partial charge in [-0.25, -0.2) is 4.98 Å². The van der Waals surface area contributed by atoms with Crippen molar-refractivity contribution in [1.82, 2.24) is 14.9 Å². The van der Waals surface area contributed by atoms with Crippen LogP contribution < -0.4 is 5.32 Å². The summed E-state index contributed by atoms with van der Waals surface area (Å²) >= 11 is 0. The van der Waals surface area contributed by atoms with E-state index in [4.69, 9.17) is 0 Å². The molecule has 4 heteroatoms. The zero-order valence-corrected chi connectivity index (χ0v) is 12.1. The number of imidazole rings is 1. The average Bonchev–Trinajstić information content (AvgIpc) is 2.86. The molecule has 1 aromatic heterocycles. The molecule has 2 aromatic carbocycles. The summed E-state index contributed by atoms with van der Waals surface area (Å²) in [7, 11) is 1.97. The lowest BCUT2D eigenvalue weighted by molar-refractivity contribution is 0.0951. The number of nitrogens with zero attached hydrogens (tertiary/aromatic N) is 2. The maximum Gasteiger partial charge on any atom is 0.251 e. The van der Waals surface area contributed by atoms with Crippen molar-refractivity contribution in [3.8, 4) is 0 Å². The first-order valence-corrected chi connectivity index (χ1v) is 6.88. The van der Waals surface area contributed by atoms with Crippen LogP contribution in [0.5, 0.6) is 0 Å². The number of benzene rings is 2. The molecule has 0 aliphatic heterocycles. The van der Waals surface area contributed by atoms with Gasteiger partial charge in [-0.1, -0.05) is 23.8 Å². The highest BCUT2D eigenvalue weighted by atomic mass is 16.1. The number of fused-ring (bicyclic) bond motifs is 1. The number of nitrogens with one attached hydrogen (secondary N) is 1. The maximum atomic E-state index is 12.1. The molecule has 3 rings (SSSR count). The van der Waals surface area contributed by atoms with Gasteiger partial charge >= 0.3 is 0 Å². The van der Waals surface area contributed by atoms with Crippen LogP contribution in [0, 0.1) is 6.92 Å². The molecule has 0 fully saturated rings. The molecular weight excluding hydrogens is 262 g/mol. The van der Waals surface area contributed by atoms with E-state index in [0.717, 1.165) is 22.2 Å². The summed E-state index contributed by atoms with van der Waals surface area (Å²) in [5.74, 6) is -0.0557. The number of aromatic nitrogens is 2. The fraction of sp³-hybridized carbons (Fsp3) is 0.176. The Morgan fingerprint density at radius 3 is 2.90 bits per heavy atom. The molecule has 0 bridgehead atoms. The molecule has 0 spiro atoms. The predicted molar refractivity (Wildman–Crippen MR) is 83.1 cm³/mol. The van der Waals surface area contributed by atoms with Crippen molar-refractivity contribution in [2.45, 2.75) is 13.5 Å². The van der Waals surface area contributed by atoms with Crippen molar-refractivity contribution in [3.63, 3.8) is 0 Å². The van der Waals surface area contributed by atoms with E-state index in [2.05, 4.69) is 10.3 Å². The van der Waals surface area contributed by atoms with E-state index in [1.807, 2.05) is 61.0 Å². The van der Waals surface area contributed by atoms with Gasteiger partial charge in [-0.15, -0.1) is 0 Å². The number of amides is 1. The normalized spacial score (nSPS) is 10.8. The Morgan fingerprint density at radius 2 is 2.10 bits per heavy atom. The van der Waals surface area contributed by atoms with E-state index in [1.165, 1.54) is 0 Å². The summed E-state index contributed by atoms with van der Waals surface area (Å²) in [6.07, 6.45) is 1.79. The number of carbonyl (C=O) groups is 1. The van der Waals surface area contributed by atoms with Gasteiger partial charge < -0.3 is 9.88 Å². The minimum Gasteiger partial charge on any atom is -0.348 e. The molecule has 4 nitrogen and oxygen atoms in total. The van der Waals surface area contributed by atoms with Gasteiger partial charge in [0.05, 0.1) is 17.4 Å². The van der Waals surface area contributed by atoms with Gasteiger partial charge in [0, 0.05) is 19.2 Å². The first kappa shape index (κ1) is 13.4. The second kappa shape index (κ2) is 5.40. The van der Waals surface area contributed by atoms with Crippen LogP contribution in [0.1, 0.15) is 21.5 Å². The number of hydrogen-bond acceptors (Lipinski definition) is 2. The fourth-order valence-corrected chi connectivity index (χ4v) is 2.36. The Morgan fingerprint density at radius 1 is 1.24 bits per heavy atom. The summed E-state index contributed by atoms with van der Waals surface area (Å²) in [6, 6.07) is 13.6. The van der Waals surface area contributed by atoms with Crippen molar-refractivity contribution in [2.75, 3.05) is 0 Å². The van der Waals surface area contributed by atoms with Gasteiger partial charge in [0.15, 0.2) is 0 Å². The van der Waals surface area contributed by atoms with E-state index >= 15 is 0 Å². The molecule has 0 radical (unpaired) electrons. The largest absolute Gasteiger partial charge is 0.348 e. The SMILES string of the molecule is Cc1cccc(C(=O)NCc2ccc3c(c2)ncn3C)c1. The highest BCUT2D eigenvalue weighted by Crippen LogP contribution is 2.14. The summed E-state index contributed by atoms with van der Waals surface area (Å²) in [5, 5.41) is 2.94. The third-order valence-corrected chi connectivity index (χ3v) is 3.52. The predicted octanol–water partition coefficient (Wildman–Crippen LogP) is 2.81. The van der Waals surface area contributed by atoms with Crippen LogP contribution in [0.15, 0.2) is 48.8 Å². The number of carbonyl (C=O) groups excluding carboxylic acids is 1. The molecule has 0 aliphatic carbocycles. The van der Waals surface area contributed by atoms with Gasteiger partial charge in [0.2, 0.25) is 0 Å². The lowest BCUT2D eigenvalue weighted by Crippen LogP contribution is -2.22. The van der Waals surface area contributed by atoms with Crippen LogP contribution in [0.3, 0.4) is 0 Å². The Kier molecular flexibility index (Phi) is 3.44. The molecule has 3 aromatic rings. The molecule has 21 heavy (non-hydrogen) atoms. The molecule has 0 aliphatic rings. The third-order valence-electron chi connectivity index (χ3n) is 3.52. The second-order valence-corrected chi connectivity index (χ2v) is 5.23. The number of rotatable bonds is 3. The molecule has 106 valence electrons. The van der Waals surface area contributed by atoms with E-state index in [9.17, 15) is 4.79 Å². The topological polar surface area (TPSA) is 46.9 Å². The molecule has 1 heterocycles. The van der Waals surface area contributed by atoms with Crippen molar-refractivity contribution in [3.05, 3.63) is 65.5 Å². The lowest BCUT2D eigenvalue weighted by Gasteiger charge is -2.06. The number of hydrogen-bond donors (Lipinski definition) is 1. The van der Waals surface area contributed by atoms with E-state index in [-0.39, 0.29) is 5.91 Å². The van der Waals surface area contributed by atoms with Crippen molar-refractivity contribution in [2.24, 2.45) is 7.05 Å². The standard InChI is InChI=1S/C17H17N3O/c1-12-4-3-5-14(8-12)17(21)18-10-13-6-7-16-15(9-13)19-11-20(16)2/h3-9,11H,10H2,1-2H3,(H,18,21). The minimum absolute atomic E-state index is 0.0557. The molecule has 0 unspecified atom stereocenters. The van der Waals surface area contributed by atoms with E-state index in [0.29, 0.717) is 12.1 Å². The average molecular weight is 279 g/mol. The van der Waals surface area contributed by atoms with Gasteiger partial charge in [-0.3, -0.25) is 4.79 Å². The van der Waals surface area contributed by atoms with Crippen LogP contribution in [0.4, 0.5) is 0 Å². The fourth-order valence-electron chi connectivity index (χ4n) is 2.36. The van der Waals surface area contributed by atoms with Gasteiger partial charge in [0.1, 0.15) is 0 Å². The van der Waals surface area contributed by atoms with Crippen LogP contribution in [0.2, 0.25) is 0 Å². The Hall–Kier alpha value is -2.62. The van der Waals surface area contributed by atoms with E-state index < -0.39 is 0 Å². The number of aryl methyl sites for hydroxylation is 2. The lowest BCUT2D eigenvalue weighted by atomic mass is 10.1. The van der Waals surface area contributed by atoms with Crippen LogP contribution >= 0.6 is 0 Å². The Balaban J connectivity index is 1.72. The summed E-state index contributed by atoms with van der Waals surface area (Å²) in [6.45, 7) is 2.48. The van der Waals surface area contributed by atoms with Gasteiger partial charge in [-0.05, 0) is 36.8 Å². The third kappa shape index (κ3) is 2.79. The maximum absolute atomic E-state index is 12.1. The summed E-state index contributed by atoms with van der Waals surface area (Å²) in [4.78, 5) is 16.4. The van der Waals surface area contributed by atoms with Crippen LogP contribution in [-0.2, 0) is 13.6 Å². The smallest absolute Gasteiger partial charge is 0.251 e. The molecule has 0 atom stereocenters. The molecule has 1 amide bonds. The van der Waals surface area contributed by atoms with Gasteiger partial charge in [0.25, 0.3) is 5.91 Å². The summed E-state index contributed by atoms with van der Waals surface area (Å²) < 4.78 is 1.98. The van der Waals surface area contributed by atoms with Crippen molar-refractivity contribution >= 4 is 16.9 Å². The molecule has 0 saturated heterocycles. The minimum atomic E-state index is -0.0557.